The lowest BCUT2D eigenvalue weighted by molar-refractivity contribution is 0.0967. The molecule has 1 aliphatic carbocycles. The minimum atomic E-state index is -0.821. The number of nitrogens with zero attached hydrogens (tertiary/aromatic N) is 2. The molecule has 1 N–H and O–H groups in total. The van der Waals surface area contributed by atoms with Crippen LogP contribution < -0.4 is 5.32 Å². The number of rotatable bonds is 4. The van der Waals surface area contributed by atoms with Gasteiger partial charge in [0.15, 0.2) is 0 Å². The first-order chi connectivity index (χ1) is 13.9. The van der Waals surface area contributed by atoms with Crippen molar-refractivity contribution in [3.8, 4) is 21.8 Å². The Morgan fingerprint density at radius 2 is 1.93 bits per heavy atom. The topological polar surface area (TPSA) is 46.9 Å². The molecule has 8 heteroatoms. The number of hydrogen-bond donors (Lipinski definition) is 1. The van der Waals surface area contributed by atoms with Crippen molar-refractivity contribution in [1.82, 2.24) is 15.1 Å². The van der Waals surface area contributed by atoms with E-state index in [9.17, 15) is 18.0 Å². The van der Waals surface area contributed by atoms with E-state index in [2.05, 4.69) is 10.4 Å². The number of nitrogens with one attached hydrogen (secondary N) is 1. The molecule has 1 aromatic carbocycles. The van der Waals surface area contributed by atoms with Crippen LogP contribution >= 0.6 is 11.3 Å². The first-order valence-electron chi connectivity index (χ1n) is 8.89. The van der Waals surface area contributed by atoms with Gasteiger partial charge in [0, 0.05) is 19.0 Å². The van der Waals surface area contributed by atoms with Crippen LogP contribution in [-0.4, -0.2) is 15.7 Å². The lowest BCUT2D eigenvalue weighted by Gasteiger charge is -2.12. The van der Waals surface area contributed by atoms with Gasteiger partial charge >= 0.3 is 0 Å². The molecule has 4 nitrogen and oxygen atoms in total. The van der Waals surface area contributed by atoms with Gasteiger partial charge in [-0.05, 0) is 24.6 Å². The lowest BCUT2D eigenvalue weighted by atomic mass is 10.1. The highest BCUT2D eigenvalue weighted by atomic mass is 32.1. The minimum Gasteiger partial charge on any atom is -0.317 e. The number of carbonyl (C=O) groups excluding carboxylic acids is 1. The van der Waals surface area contributed by atoms with Crippen molar-refractivity contribution >= 4 is 17.2 Å². The van der Waals surface area contributed by atoms with Gasteiger partial charge in [-0.15, -0.1) is 11.3 Å². The zero-order chi connectivity index (χ0) is 20.5. The summed E-state index contributed by atoms with van der Waals surface area (Å²) in [6.45, 7) is 0. The van der Waals surface area contributed by atoms with Crippen molar-refractivity contribution in [2.24, 2.45) is 7.05 Å². The van der Waals surface area contributed by atoms with Gasteiger partial charge in [-0.1, -0.05) is 30.3 Å². The second kappa shape index (κ2) is 7.71. The monoisotopic (exact) mass is 415 g/mol. The molecule has 0 unspecified atom stereocenters. The molecule has 2 heterocycles. The number of benzene rings is 1. The van der Waals surface area contributed by atoms with E-state index in [1.54, 1.807) is 13.1 Å². The minimum absolute atomic E-state index is 0.0126. The van der Waals surface area contributed by atoms with Crippen LogP contribution in [-0.2, 0) is 7.05 Å². The highest BCUT2D eigenvalue weighted by molar-refractivity contribution is 7.17. The largest absolute Gasteiger partial charge is 0.317 e. The smallest absolute Gasteiger partial charge is 0.266 e. The van der Waals surface area contributed by atoms with E-state index in [4.69, 9.17) is 0 Å². The third-order valence-electron chi connectivity index (χ3n) is 4.53. The highest BCUT2D eigenvalue weighted by Gasteiger charge is 2.23. The summed E-state index contributed by atoms with van der Waals surface area (Å²) < 4.78 is 43.8. The maximum absolute atomic E-state index is 14.6. The normalized spacial score (nSPS) is 14.1. The predicted octanol–water partition coefficient (Wildman–Crippen LogP) is 5.51. The van der Waals surface area contributed by atoms with E-state index in [1.165, 1.54) is 10.8 Å². The van der Waals surface area contributed by atoms with Crippen molar-refractivity contribution in [2.75, 3.05) is 0 Å². The fraction of sp³-hybridized carbons (Fsp3) is 0.143. The first-order valence-corrected chi connectivity index (χ1v) is 9.71. The van der Waals surface area contributed by atoms with E-state index in [0.29, 0.717) is 11.4 Å². The van der Waals surface area contributed by atoms with Crippen molar-refractivity contribution in [3.05, 3.63) is 76.6 Å². The van der Waals surface area contributed by atoms with Crippen LogP contribution in [0.15, 0.2) is 65.9 Å². The molecule has 0 bridgehead atoms. The van der Waals surface area contributed by atoms with E-state index in [1.807, 2.05) is 30.3 Å². The SMILES string of the molecule is Cn1nc(-c2ccccc2)cc1-c1sc(C(=O)NC2=C(F)CCC=C2F)cc1F. The summed E-state index contributed by atoms with van der Waals surface area (Å²) in [4.78, 5) is 12.7. The Morgan fingerprint density at radius 1 is 1.17 bits per heavy atom. The van der Waals surface area contributed by atoms with Crippen LogP contribution in [0.25, 0.3) is 21.8 Å². The summed E-state index contributed by atoms with van der Waals surface area (Å²) in [7, 11) is 1.68. The molecule has 4 rings (SSSR count). The molecule has 0 saturated carbocycles. The summed E-state index contributed by atoms with van der Waals surface area (Å²) >= 11 is 0.900. The molecule has 0 radical (unpaired) electrons. The van der Waals surface area contributed by atoms with E-state index < -0.39 is 29.1 Å². The Balaban J connectivity index is 1.63. The number of amides is 1. The summed E-state index contributed by atoms with van der Waals surface area (Å²) in [6.07, 6.45) is 1.46. The van der Waals surface area contributed by atoms with Crippen molar-refractivity contribution in [2.45, 2.75) is 12.8 Å². The van der Waals surface area contributed by atoms with Gasteiger partial charge in [0.1, 0.15) is 23.2 Å². The predicted molar refractivity (Wildman–Crippen MR) is 106 cm³/mol. The van der Waals surface area contributed by atoms with E-state index >= 15 is 0 Å². The van der Waals surface area contributed by atoms with Crippen molar-refractivity contribution < 1.29 is 18.0 Å². The van der Waals surface area contributed by atoms with Crippen LogP contribution in [0.5, 0.6) is 0 Å². The standard InChI is InChI=1S/C21H16F3N3OS/c1-27-17(11-16(26-27)12-6-3-2-4-7-12)20-15(24)10-18(29-20)21(28)25-19-13(22)8-5-9-14(19)23/h2-4,6-8,10-11H,5,9H2,1H3,(H,25,28). The first kappa shape index (κ1) is 19.2. The Hall–Kier alpha value is -3.13. The summed E-state index contributed by atoms with van der Waals surface area (Å²) in [6, 6.07) is 12.2. The Bertz CT molecular complexity index is 1150. The number of thiophene rings is 1. The van der Waals surface area contributed by atoms with Gasteiger partial charge in [-0.25, -0.2) is 13.2 Å². The van der Waals surface area contributed by atoms with Crippen molar-refractivity contribution in [3.63, 3.8) is 0 Å². The second-order valence-electron chi connectivity index (χ2n) is 6.52. The zero-order valence-corrected chi connectivity index (χ0v) is 16.2. The van der Waals surface area contributed by atoms with Crippen molar-refractivity contribution in [1.29, 1.82) is 0 Å². The second-order valence-corrected chi connectivity index (χ2v) is 7.57. The average molecular weight is 415 g/mol. The fourth-order valence-electron chi connectivity index (χ4n) is 3.07. The highest BCUT2D eigenvalue weighted by Crippen LogP contribution is 2.34. The molecule has 0 saturated heterocycles. The van der Waals surface area contributed by atoms with Gasteiger partial charge in [0.2, 0.25) is 0 Å². The molecular formula is C21H16F3N3OS. The summed E-state index contributed by atoms with van der Waals surface area (Å²) in [5, 5.41) is 6.62. The quantitative estimate of drug-likeness (QED) is 0.611. The average Bonchev–Trinajstić information content (AvgIpc) is 3.28. The molecular weight excluding hydrogens is 399 g/mol. The molecule has 2 aromatic heterocycles. The number of aromatic nitrogens is 2. The Morgan fingerprint density at radius 3 is 2.66 bits per heavy atom. The maximum Gasteiger partial charge on any atom is 0.266 e. The third-order valence-corrected chi connectivity index (χ3v) is 5.66. The Kier molecular flexibility index (Phi) is 5.10. The lowest BCUT2D eigenvalue weighted by Crippen LogP contribution is -2.24. The Labute approximate surface area is 169 Å². The molecule has 148 valence electrons. The summed E-state index contributed by atoms with van der Waals surface area (Å²) in [5.41, 5.74) is 1.57. The maximum atomic E-state index is 14.6. The number of allylic oxidation sites excluding steroid dienone is 3. The van der Waals surface area contributed by atoms with E-state index in [-0.39, 0.29) is 22.6 Å². The molecule has 1 aliphatic rings. The van der Waals surface area contributed by atoms with Gasteiger partial charge in [0.05, 0.1) is 21.1 Å². The van der Waals surface area contributed by atoms with Gasteiger partial charge < -0.3 is 5.32 Å². The molecule has 0 fully saturated rings. The molecule has 29 heavy (non-hydrogen) atoms. The van der Waals surface area contributed by atoms with Gasteiger partial charge in [-0.3, -0.25) is 9.48 Å². The number of aryl methyl sites for hydroxylation is 1. The van der Waals surface area contributed by atoms with Crippen LogP contribution in [0.4, 0.5) is 13.2 Å². The van der Waals surface area contributed by atoms with Crippen LogP contribution in [0.3, 0.4) is 0 Å². The molecule has 1 amide bonds. The molecule has 0 atom stereocenters. The molecule has 3 aromatic rings. The van der Waals surface area contributed by atoms with Crippen LogP contribution in [0.1, 0.15) is 22.5 Å². The number of hydrogen-bond acceptors (Lipinski definition) is 3. The molecule has 0 aliphatic heterocycles. The van der Waals surface area contributed by atoms with Crippen LogP contribution in [0.2, 0.25) is 0 Å². The number of halogens is 3. The fourth-order valence-corrected chi connectivity index (χ4v) is 4.05. The zero-order valence-electron chi connectivity index (χ0n) is 15.4. The van der Waals surface area contributed by atoms with Crippen LogP contribution in [0, 0.1) is 5.82 Å². The van der Waals surface area contributed by atoms with E-state index in [0.717, 1.165) is 23.0 Å². The molecule has 0 spiro atoms. The number of carbonyl (C=O) groups is 1. The van der Waals surface area contributed by atoms with Gasteiger partial charge in [-0.2, -0.15) is 5.10 Å². The third kappa shape index (κ3) is 3.75. The van der Waals surface area contributed by atoms with Gasteiger partial charge in [0.25, 0.3) is 5.91 Å². The summed E-state index contributed by atoms with van der Waals surface area (Å²) in [5.74, 6) is -2.91.